The third kappa shape index (κ3) is 3.42. The van der Waals surface area contributed by atoms with E-state index in [0.717, 1.165) is 42.3 Å². The molecule has 1 amide bonds. The molecule has 0 radical (unpaired) electrons. The van der Waals surface area contributed by atoms with Gasteiger partial charge in [-0.05, 0) is 57.6 Å². The third-order valence-electron chi connectivity index (χ3n) is 5.58. The minimum Gasteiger partial charge on any atom is -0.352 e. The monoisotopic (exact) mass is 374 g/mol. The summed E-state index contributed by atoms with van der Waals surface area (Å²) < 4.78 is 0. The van der Waals surface area contributed by atoms with Crippen molar-refractivity contribution in [1.29, 1.82) is 0 Å². The van der Waals surface area contributed by atoms with Crippen LogP contribution in [0.1, 0.15) is 55.4 Å². The van der Waals surface area contributed by atoms with Gasteiger partial charge in [0.1, 0.15) is 10.7 Å². The molecule has 2 aromatic rings. The van der Waals surface area contributed by atoms with Gasteiger partial charge < -0.3 is 10.3 Å². The highest BCUT2D eigenvalue weighted by Crippen LogP contribution is 2.36. The van der Waals surface area contributed by atoms with Crippen LogP contribution in [0.2, 0.25) is 0 Å². The topological polar surface area (TPSA) is 78.1 Å². The van der Waals surface area contributed by atoms with E-state index in [2.05, 4.69) is 17.2 Å². The fraction of sp³-hybridized carbons (Fsp3) is 0.632. The summed E-state index contributed by atoms with van der Waals surface area (Å²) in [5.41, 5.74) is 1.16. The van der Waals surface area contributed by atoms with Gasteiger partial charge in [-0.15, -0.1) is 11.3 Å². The standard InChI is InChI=1S/C19H26N4O2S/c1-10-4-7-13-14(8-10)26-19-16(13)18(25)21-17(22-19)11(2)23(3)9-15(24)20-12-5-6-12/h10-12H,4-9H2,1-3H3,(H,20,24)(H,21,22,25). The number of fused-ring (bicyclic) bond motifs is 3. The van der Waals surface area contributed by atoms with E-state index in [4.69, 9.17) is 4.98 Å². The molecule has 0 aromatic carbocycles. The number of nitrogens with one attached hydrogen (secondary N) is 2. The normalized spacial score (nSPS) is 21.0. The summed E-state index contributed by atoms with van der Waals surface area (Å²) in [4.78, 5) is 36.6. The first-order valence-electron chi connectivity index (χ1n) is 9.46. The number of likely N-dealkylation sites (N-methyl/N-ethyl adjacent to an activating group) is 1. The van der Waals surface area contributed by atoms with Gasteiger partial charge >= 0.3 is 0 Å². The number of carbonyl (C=O) groups excluding carboxylic acids is 1. The van der Waals surface area contributed by atoms with Gasteiger partial charge in [0.25, 0.3) is 5.56 Å². The number of nitrogens with zero attached hydrogens (tertiary/aromatic N) is 2. The summed E-state index contributed by atoms with van der Waals surface area (Å²) in [6, 6.07) is 0.232. The molecule has 0 saturated heterocycles. The molecule has 7 heteroatoms. The average Bonchev–Trinajstić information content (AvgIpc) is 3.31. The van der Waals surface area contributed by atoms with E-state index < -0.39 is 0 Å². The van der Waals surface area contributed by atoms with Crippen molar-refractivity contribution < 1.29 is 4.79 Å². The number of H-pyrrole nitrogens is 1. The molecule has 2 aliphatic rings. The molecular formula is C19H26N4O2S. The van der Waals surface area contributed by atoms with E-state index >= 15 is 0 Å². The van der Waals surface area contributed by atoms with Crippen molar-refractivity contribution in [2.45, 2.75) is 58.0 Å². The van der Waals surface area contributed by atoms with E-state index in [9.17, 15) is 9.59 Å². The first kappa shape index (κ1) is 17.7. The summed E-state index contributed by atoms with van der Waals surface area (Å²) >= 11 is 1.66. The zero-order valence-corrected chi connectivity index (χ0v) is 16.4. The number of rotatable bonds is 5. The molecule has 6 nitrogen and oxygen atoms in total. The molecule has 1 fully saturated rings. The van der Waals surface area contributed by atoms with Crippen LogP contribution >= 0.6 is 11.3 Å². The quantitative estimate of drug-likeness (QED) is 0.842. The molecule has 0 spiro atoms. The second-order valence-electron chi connectivity index (χ2n) is 7.92. The van der Waals surface area contributed by atoms with Crippen molar-refractivity contribution in [1.82, 2.24) is 20.2 Å². The lowest BCUT2D eigenvalue weighted by molar-refractivity contribution is -0.122. The molecule has 2 aromatic heterocycles. The summed E-state index contributed by atoms with van der Waals surface area (Å²) in [6.45, 7) is 4.54. The van der Waals surface area contributed by atoms with Crippen LogP contribution in [0, 0.1) is 5.92 Å². The Morgan fingerprint density at radius 3 is 2.92 bits per heavy atom. The van der Waals surface area contributed by atoms with E-state index in [-0.39, 0.29) is 17.5 Å². The number of hydrogen-bond acceptors (Lipinski definition) is 5. The Labute approximate surface area is 157 Å². The molecular weight excluding hydrogens is 348 g/mol. The zero-order chi connectivity index (χ0) is 18.4. The SMILES string of the molecule is CC1CCc2c(sc3nc(C(C)N(C)CC(=O)NC4CC4)[nH]c(=O)c23)C1. The summed E-state index contributed by atoms with van der Waals surface area (Å²) in [7, 11) is 1.89. The van der Waals surface area contributed by atoms with Gasteiger partial charge in [0, 0.05) is 10.9 Å². The molecule has 26 heavy (non-hydrogen) atoms. The Morgan fingerprint density at radius 2 is 2.19 bits per heavy atom. The van der Waals surface area contributed by atoms with E-state index in [1.807, 2.05) is 18.9 Å². The Balaban J connectivity index is 1.58. The van der Waals surface area contributed by atoms with Crippen LogP contribution in [-0.2, 0) is 17.6 Å². The van der Waals surface area contributed by atoms with Crippen molar-refractivity contribution in [2.24, 2.45) is 5.92 Å². The van der Waals surface area contributed by atoms with Crippen LogP contribution < -0.4 is 10.9 Å². The highest BCUT2D eigenvalue weighted by atomic mass is 32.1. The maximum Gasteiger partial charge on any atom is 0.259 e. The Hall–Kier alpha value is -1.73. The lowest BCUT2D eigenvalue weighted by atomic mass is 9.89. The molecule has 2 N–H and O–H groups in total. The third-order valence-corrected chi connectivity index (χ3v) is 6.72. The number of carbonyl (C=O) groups is 1. The summed E-state index contributed by atoms with van der Waals surface area (Å²) in [5.74, 6) is 1.34. The number of aromatic nitrogens is 2. The molecule has 1 saturated carbocycles. The van der Waals surface area contributed by atoms with Gasteiger partial charge in [-0.2, -0.15) is 0 Å². The maximum absolute atomic E-state index is 12.7. The highest BCUT2D eigenvalue weighted by molar-refractivity contribution is 7.18. The van der Waals surface area contributed by atoms with Crippen molar-refractivity contribution >= 4 is 27.5 Å². The highest BCUT2D eigenvalue weighted by Gasteiger charge is 2.26. The van der Waals surface area contributed by atoms with Crippen molar-refractivity contribution in [2.75, 3.05) is 13.6 Å². The Morgan fingerprint density at radius 1 is 1.42 bits per heavy atom. The second-order valence-corrected chi connectivity index (χ2v) is 9.00. The van der Waals surface area contributed by atoms with Gasteiger partial charge in [-0.25, -0.2) is 4.98 Å². The number of thiophene rings is 1. The molecule has 2 unspecified atom stereocenters. The smallest absolute Gasteiger partial charge is 0.259 e. The number of hydrogen-bond donors (Lipinski definition) is 2. The van der Waals surface area contributed by atoms with Gasteiger partial charge in [-0.3, -0.25) is 14.5 Å². The van der Waals surface area contributed by atoms with Crippen molar-refractivity contribution in [3.8, 4) is 0 Å². The predicted octanol–water partition coefficient (Wildman–Crippen LogP) is 2.38. The zero-order valence-electron chi connectivity index (χ0n) is 15.6. The largest absolute Gasteiger partial charge is 0.352 e. The first-order valence-corrected chi connectivity index (χ1v) is 10.3. The molecule has 2 heterocycles. The van der Waals surface area contributed by atoms with E-state index in [1.165, 1.54) is 10.4 Å². The van der Waals surface area contributed by atoms with Crippen LogP contribution in [-0.4, -0.2) is 40.4 Å². The molecule has 0 aliphatic heterocycles. The lowest BCUT2D eigenvalue weighted by Gasteiger charge is -2.23. The fourth-order valence-electron chi connectivity index (χ4n) is 3.64. The molecule has 0 bridgehead atoms. The number of aryl methyl sites for hydroxylation is 1. The number of aromatic amines is 1. The maximum atomic E-state index is 12.7. The van der Waals surface area contributed by atoms with Gasteiger partial charge in [0.2, 0.25) is 5.91 Å². The molecule has 2 aliphatic carbocycles. The fourth-order valence-corrected chi connectivity index (χ4v) is 5.03. The average molecular weight is 375 g/mol. The minimum absolute atomic E-state index is 0.0332. The summed E-state index contributed by atoms with van der Waals surface area (Å²) in [6.07, 6.45) is 5.31. The molecule has 4 rings (SSSR count). The predicted molar refractivity (Wildman–Crippen MR) is 104 cm³/mol. The van der Waals surface area contributed by atoms with Crippen molar-refractivity contribution in [3.05, 3.63) is 26.6 Å². The number of amides is 1. The van der Waals surface area contributed by atoms with Gasteiger partial charge in [0.15, 0.2) is 0 Å². The van der Waals surface area contributed by atoms with Crippen LogP contribution in [0.25, 0.3) is 10.2 Å². The van der Waals surface area contributed by atoms with Gasteiger partial charge in [-0.1, -0.05) is 6.92 Å². The van der Waals surface area contributed by atoms with Crippen LogP contribution in [0.4, 0.5) is 0 Å². The minimum atomic E-state index is -0.130. The van der Waals surface area contributed by atoms with Crippen LogP contribution in [0.5, 0.6) is 0 Å². The lowest BCUT2D eigenvalue weighted by Crippen LogP contribution is -2.38. The van der Waals surface area contributed by atoms with Gasteiger partial charge in [0.05, 0.1) is 18.0 Å². The van der Waals surface area contributed by atoms with Crippen LogP contribution in [0.3, 0.4) is 0 Å². The Kier molecular flexibility index (Phi) is 4.61. The van der Waals surface area contributed by atoms with Crippen molar-refractivity contribution in [3.63, 3.8) is 0 Å². The first-order chi connectivity index (χ1) is 12.4. The van der Waals surface area contributed by atoms with E-state index in [0.29, 0.717) is 24.3 Å². The van der Waals surface area contributed by atoms with Crippen LogP contribution in [0.15, 0.2) is 4.79 Å². The summed E-state index contributed by atoms with van der Waals surface area (Å²) in [5, 5.41) is 3.78. The second kappa shape index (κ2) is 6.78. The van der Waals surface area contributed by atoms with E-state index in [1.54, 1.807) is 11.3 Å². The Bertz CT molecular complexity index is 899. The molecule has 140 valence electrons. The molecule has 2 atom stereocenters.